The lowest BCUT2D eigenvalue weighted by atomic mass is 10.1. The van der Waals surface area contributed by atoms with Gasteiger partial charge in [0.05, 0.1) is 38.7 Å². The molecule has 3 heterocycles. The van der Waals surface area contributed by atoms with Crippen LogP contribution in [0.4, 0.5) is 17.1 Å². The third-order valence-electron chi connectivity index (χ3n) is 7.71. The van der Waals surface area contributed by atoms with Crippen molar-refractivity contribution in [3.8, 4) is 5.69 Å². The highest BCUT2D eigenvalue weighted by Crippen LogP contribution is 2.34. The third-order valence-corrected chi connectivity index (χ3v) is 8.26. The quantitative estimate of drug-likeness (QED) is 0.291. The first-order valence-corrected chi connectivity index (χ1v) is 14.0. The SMILES string of the molecule is Cc1[nH]n(-c2cc(Cl)ccc2Cl)c(=O)c1C=Nc1cc2c(cc1N1CCN(c3ccccc3)CC1)n(C)c(=O)n2C. The van der Waals surface area contributed by atoms with E-state index < -0.39 is 0 Å². The topological polar surface area (TPSA) is 83.6 Å². The van der Waals surface area contributed by atoms with Crippen LogP contribution >= 0.6 is 23.2 Å². The summed E-state index contributed by atoms with van der Waals surface area (Å²) in [5.41, 5.74) is 5.50. The molecule has 0 bridgehead atoms. The summed E-state index contributed by atoms with van der Waals surface area (Å²) >= 11 is 12.5. The highest BCUT2D eigenvalue weighted by Gasteiger charge is 2.22. The van der Waals surface area contributed by atoms with Crippen LogP contribution in [0.15, 0.2) is 75.2 Å². The summed E-state index contributed by atoms with van der Waals surface area (Å²) in [5.74, 6) is 0. The van der Waals surface area contributed by atoms with Gasteiger partial charge >= 0.3 is 5.69 Å². The number of hydrogen-bond donors (Lipinski definition) is 1. The summed E-state index contributed by atoms with van der Waals surface area (Å²) in [6.07, 6.45) is 1.58. The van der Waals surface area contributed by atoms with Crippen molar-refractivity contribution < 1.29 is 0 Å². The Labute approximate surface area is 246 Å². The van der Waals surface area contributed by atoms with Gasteiger partial charge in [0.1, 0.15) is 0 Å². The van der Waals surface area contributed by atoms with Crippen LogP contribution < -0.4 is 21.0 Å². The number of rotatable bonds is 5. The Hall–Kier alpha value is -4.21. The number of aromatic nitrogens is 4. The molecule has 1 fully saturated rings. The van der Waals surface area contributed by atoms with Crippen molar-refractivity contribution in [2.75, 3.05) is 36.0 Å². The normalized spacial score (nSPS) is 14.1. The van der Waals surface area contributed by atoms with Crippen molar-refractivity contribution in [1.82, 2.24) is 18.9 Å². The zero-order valence-corrected chi connectivity index (χ0v) is 24.4. The first kappa shape index (κ1) is 27.0. The monoisotopic (exact) mass is 589 g/mol. The van der Waals surface area contributed by atoms with Gasteiger partial charge in [0, 0.05) is 62.9 Å². The molecule has 9 nitrogen and oxygen atoms in total. The first-order valence-electron chi connectivity index (χ1n) is 13.3. The Balaban J connectivity index is 1.39. The minimum absolute atomic E-state index is 0.108. The predicted molar refractivity (Wildman–Crippen MR) is 167 cm³/mol. The van der Waals surface area contributed by atoms with Gasteiger partial charge in [0.25, 0.3) is 5.56 Å². The number of aromatic amines is 1. The van der Waals surface area contributed by atoms with Crippen molar-refractivity contribution in [3.05, 3.63) is 103 Å². The summed E-state index contributed by atoms with van der Waals surface area (Å²) in [7, 11) is 3.53. The van der Waals surface area contributed by atoms with E-state index in [2.05, 4.69) is 39.2 Å². The average Bonchev–Trinajstić information content (AvgIpc) is 3.39. The minimum atomic E-state index is -0.290. The number of aliphatic imine (C=N–C) groups is 1. The Kier molecular flexibility index (Phi) is 7.01. The molecule has 1 saturated heterocycles. The van der Waals surface area contributed by atoms with E-state index in [0.29, 0.717) is 32.7 Å². The number of para-hydroxylation sites is 1. The van der Waals surface area contributed by atoms with Crippen LogP contribution in [0.2, 0.25) is 10.0 Å². The van der Waals surface area contributed by atoms with E-state index in [4.69, 9.17) is 28.2 Å². The fraction of sp³-hybridized carbons (Fsp3) is 0.233. The van der Waals surface area contributed by atoms with E-state index in [1.807, 2.05) is 25.1 Å². The van der Waals surface area contributed by atoms with Gasteiger partial charge in [0.2, 0.25) is 0 Å². The maximum atomic E-state index is 13.4. The molecule has 1 aliphatic heterocycles. The van der Waals surface area contributed by atoms with Crippen molar-refractivity contribution in [1.29, 1.82) is 0 Å². The van der Waals surface area contributed by atoms with Crippen LogP contribution in [0.3, 0.4) is 0 Å². The molecule has 6 rings (SSSR count). The van der Waals surface area contributed by atoms with Crippen molar-refractivity contribution in [2.24, 2.45) is 19.1 Å². The third kappa shape index (κ3) is 4.85. The second-order valence-electron chi connectivity index (χ2n) is 10.2. The van der Waals surface area contributed by atoms with Gasteiger partial charge in [-0.25, -0.2) is 9.48 Å². The fourth-order valence-corrected chi connectivity index (χ4v) is 5.77. The molecule has 0 aliphatic carbocycles. The van der Waals surface area contributed by atoms with Gasteiger partial charge in [-0.05, 0) is 49.4 Å². The molecule has 3 aromatic carbocycles. The molecule has 0 unspecified atom stereocenters. The number of nitrogens with one attached hydrogen (secondary N) is 1. The lowest BCUT2D eigenvalue weighted by molar-refractivity contribution is 0.654. The van der Waals surface area contributed by atoms with Gasteiger partial charge in [-0.1, -0.05) is 41.4 Å². The second kappa shape index (κ2) is 10.6. The van der Waals surface area contributed by atoms with Crippen LogP contribution in [0.5, 0.6) is 0 Å². The fourth-order valence-electron chi connectivity index (χ4n) is 5.40. The number of halogens is 2. The van der Waals surface area contributed by atoms with Gasteiger partial charge in [-0.2, -0.15) is 0 Å². The van der Waals surface area contributed by atoms with Gasteiger partial charge in [-0.3, -0.25) is 24.0 Å². The molecule has 0 radical (unpaired) electrons. The molecule has 0 atom stereocenters. The van der Waals surface area contributed by atoms with E-state index in [0.717, 1.165) is 42.9 Å². The molecule has 41 heavy (non-hydrogen) atoms. The Morgan fingerprint density at radius 1 is 0.829 bits per heavy atom. The number of nitrogens with zero attached hydrogens (tertiary/aromatic N) is 6. The molecule has 1 aliphatic rings. The molecule has 11 heteroatoms. The van der Waals surface area contributed by atoms with E-state index in [9.17, 15) is 9.59 Å². The zero-order chi connectivity index (χ0) is 28.8. The smallest absolute Gasteiger partial charge is 0.328 e. The van der Waals surface area contributed by atoms with Crippen LogP contribution in [-0.4, -0.2) is 51.3 Å². The van der Waals surface area contributed by atoms with E-state index >= 15 is 0 Å². The molecule has 2 aromatic heterocycles. The molecule has 0 spiro atoms. The second-order valence-corrected chi connectivity index (χ2v) is 11.0. The molecule has 0 saturated carbocycles. The van der Waals surface area contributed by atoms with Crippen molar-refractivity contribution in [3.63, 3.8) is 0 Å². The lowest BCUT2D eigenvalue weighted by Crippen LogP contribution is -2.46. The van der Waals surface area contributed by atoms with Gasteiger partial charge in [-0.15, -0.1) is 0 Å². The molecular formula is C30H29Cl2N7O2. The van der Waals surface area contributed by atoms with Gasteiger partial charge < -0.3 is 9.80 Å². The average molecular weight is 591 g/mol. The Bertz CT molecular complexity index is 1910. The molecule has 210 valence electrons. The van der Waals surface area contributed by atoms with Crippen LogP contribution in [-0.2, 0) is 14.1 Å². The Morgan fingerprint density at radius 3 is 2.20 bits per heavy atom. The van der Waals surface area contributed by atoms with E-state index in [1.165, 1.54) is 10.4 Å². The summed E-state index contributed by atoms with van der Waals surface area (Å²) in [6, 6.07) is 19.3. The zero-order valence-electron chi connectivity index (χ0n) is 22.9. The number of H-pyrrole nitrogens is 1. The number of benzene rings is 3. The summed E-state index contributed by atoms with van der Waals surface area (Å²) in [4.78, 5) is 35.6. The van der Waals surface area contributed by atoms with Crippen LogP contribution in [0, 0.1) is 6.92 Å². The van der Waals surface area contributed by atoms with Gasteiger partial charge in [0.15, 0.2) is 0 Å². The molecule has 0 amide bonds. The number of fused-ring (bicyclic) bond motifs is 1. The number of anilines is 2. The minimum Gasteiger partial charge on any atom is -0.368 e. The lowest BCUT2D eigenvalue weighted by Gasteiger charge is -2.37. The van der Waals surface area contributed by atoms with Crippen molar-refractivity contribution in [2.45, 2.75) is 6.92 Å². The highest BCUT2D eigenvalue weighted by atomic mass is 35.5. The number of imidazole rings is 1. The first-order chi connectivity index (χ1) is 19.7. The molecule has 1 N–H and O–H groups in total. The van der Waals surface area contributed by atoms with Crippen LogP contribution in [0.25, 0.3) is 16.7 Å². The number of hydrogen-bond acceptors (Lipinski definition) is 5. The van der Waals surface area contributed by atoms with E-state index in [1.54, 1.807) is 47.6 Å². The molecular weight excluding hydrogens is 561 g/mol. The standard InChI is InChI=1S/C30H29Cl2N7O2/c1-19-22(29(40)39(34-19)25-15-20(31)9-10-23(25)32)18-33-24-16-27-28(36(3)30(41)35(27)2)17-26(24)38-13-11-37(12-14-38)21-7-5-4-6-8-21/h4-10,15-18,34H,11-14H2,1-3H3. The number of aryl methyl sites for hydroxylation is 3. The highest BCUT2D eigenvalue weighted by molar-refractivity contribution is 6.34. The maximum Gasteiger partial charge on any atom is 0.328 e. The summed E-state index contributed by atoms with van der Waals surface area (Å²) < 4.78 is 4.64. The summed E-state index contributed by atoms with van der Waals surface area (Å²) in [5, 5.41) is 3.95. The van der Waals surface area contributed by atoms with E-state index in [-0.39, 0.29) is 11.2 Å². The van der Waals surface area contributed by atoms with Crippen molar-refractivity contribution >= 4 is 57.5 Å². The Morgan fingerprint density at radius 2 is 1.49 bits per heavy atom. The maximum absolute atomic E-state index is 13.4. The molecule has 5 aromatic rings. The predicted octanol–water partition coefficient (Wildman–Crippen LogP) is 5.05. The summed E-state index contributed by atoms with van der Waals surface area (Å²) in [6.45, 7) is 5.08. The van der Waals surface area contributed by atoms with Crippen LogP contribution in [0.1, 0.15) is 11.3 Å². The largest absolute Gasteiger partial charge is 0.368 e. The number of piperazine rings is 1.